The average Bonchev–Trinajstić information content (AvgIpc) is 2.79. The Labute approximate surface area is 84.8 Å². The topological polar surface area (TPSA) is 43.4 Å². The van der Waals surface area contributed by atoms with Crippen LogP contribution in [0.15, 0.2) is 0 Å². The van der Waals surface area contributed by atoms with Gasteiger partial charge >= 0.3 is 5.97 Å². The molecule has 1 fully saturated rings. The van der Waals surface area contributed by atoms with Crippen LogP contribution in [0.25, 0.3) is 0 Å². The third-order valence-electron chi connectivity index (χ3n) is 2.72. The molecule has 0 aliphatic heterocycles. The van der Waals surface area contributed by atoms with Gasteiger partial charge in [-0.1, -0.05) is 6.92 Å². The van der Waals surface area contributed by atoms with Gasteiger partial charge in [0, 0.05) is 6.42 Å². The fraction of sp³-hybridized carbons (Fsp3) is 0.818. The summed E-state index contributed by atoms with van der Waals surface area (Å²) >= 11 is 0. The van der Waals surface area contributed by atoms with Crippen molar-refractivity contribution in [1.82, 2.24) is 0 Å². The number of esters is 1. The Morgan fingerprint density at radius 2 is 2.07 bits per heavy atom. The number of carbonyl (C=O) groups is 2. The standard InChI is InChI=1S/C11H18O3/c1-3-14-11(13)7-10(12)5-4-9-6-8(9)2/h8-9H,3-7H2,1-2H3. The van der Waals surface area contributed by atoms with Gasteiger partial charge in [0.15, 0.2) is 0 Å². The molecule has 1 saturated carbocycles. The van der Waals surface area contributed by atoms with E-state index in [0.717, 1.165) is 18.3 Å². The molecule has 2 atom stereocenters. The second kappa shape index (κ2) is 5.13. The molecule has 80 valence electrons. The smallest absolute Gasteiger partial charge is 0.313 e. The Balaban J connectivity index is 2.06. The van der Waals surface area contributed by atoms with E-state index in [1.54, 1.807) is 6.92 Å². The Hall–Kier alpha value is -0.860. The number of hydrogen-bond donors (Lipinski definition) is 0. The van der Waals surface area contributed by atoms with E-state index < -0.39 is 0 Å². The second-order valence-corrected chi connectivity index (χ2v) is 4.03. The quantitative estimate of drug-likeness (QED) is 0.484. The molecule has 1 aliphatic carbocycles. The zero-order valence-corrected chi connectivity index (χ0v) is 8.91. The summed E-state index contributed by atoms with van der Waals surface area (Å²) in [5.74, 6) is 1.13. The normalized spacial score (nSPS) is 24.4. The highest BCUT2D eigenvalue weighted by atomic mass is 16.5. The molecule has 1 aliphatic rings. The molecule has 3 heteroatoms. The van der Waals surface area contributed by atoms with Crippen molar-refractivity contribution in [2.45, 2.75) is 39.5 Å². The molecule has 0 aromatic rings. The maximum Gasteiger partial charge on any atom is 0.313 e. The lowest BCUT2D eigenvalue weighted by molar-refractivity contribution is -0.145. The summed E-state index contributed by atoms with van der Waals surface area (Å²) in [6.45, 7) is 4.29. The first-order valence-electron chi connectivity index (χ1n) is 5.30. The highest BCUT2D eigenvalue weighted by Crippen LogP contribution is 2.41. The number of carbonyl (C=O) groups excluding carboxylic acids is 2. The van der Waals surface area contributed by atoms with Crippen LogP contribution < -0.4 is 0 Å². The van der Waals surface area contributed by atoms with Crippen LogP contribution in [0, 0.1) is 11.8 Å². The predicted molar refractivity (Wildman–Crippen MR) is 52.8 cm³/mol. The van der Waals surface area contributed by atoms with Crippen LogP contribution in [-0.4, -0.2) is 18.4 Å². The lowest BCUT2D eigenvalue weighted by Crippen LogP contribution is -2.11. The van der Waals surface area contributed by atoms with Crippen molar-refractivity contribution >= 4 is 11.8 Å². The van der Waals surface area contributed by atoms with Crippen LogP contribution in [0.5, 0.6) is 0 Å². The molecular formula is C11H18O3. The fourth-order valence-electron chi connectivity index (χ4n) is 1.61. The average molecular weight is 198 g/mol. The number of Topliss-reactive ketones (excluding diaryl/α,β-unsaturated/α-hetero) is 1. The van der Waals surface area contributed by atoms with Gasteiger partial charge in [0.1, 0.15) is 12.2 Å². The Morgan fingerprint density at radius 1 is 1.43 bits per heavy atom. The molecule has 0 bridgehead atoms. The van der Waals surface area contributed by atoms with Crippen molar-refractivity contribution in [3.63, 3.8) is 0 Å². The minimum Gasteiger partial charge on any atom is -0.466 e. The highest BCUT2D eigenvalue weighted by Gasteiger charge is 2.32. The molecule has 0 N–H and O–H groups in total. The predicted octanol–water partition coefficient (Wildman–Crippen LogP) is 1.94. The molecule has 0 aromatic heterocycles. The highest BCUT2D eigenvalue weighted by molar-refractivity contribution is 5.95. The van der Waals surface area contributed by atoms with Crippen LogP contribution in [0.1, 0.15) is 39.5 Å². The van der Waals surface area contributed by atoms with Crippen LogP contribution in [-0.2, 0) is 14.3 Å². The second-order valence-electron chi connectivity index (χ2n) is 4.03. The monoisotopic (exact) mass is 198 g/mol. The fourth-order valence-corrected chi connectivity index (χ4v) is 1.61. The summed E-state index contributed by atoms with van der Waals surface area (Å²) in [6.07, 6.45) is 2.68. The molecule has 0 heterocycles. The molecule has 0 radical (unpaired) electrons. The third kappa shape index (κ3) is 3.90. The maximum atomic E-state index is 11.3. The summed E-state index contributed by atoms with van der Waals surface area (Å²) in [7, 11) is 0. The minimum atomic E-state index is -0.388. The molecule has 1 rings (SSSR count). The Bertz CT molecular complexity index is 223. The van der Waals surface area contributed by atoms with Crippen molar-refractivity contribution < 1.29 is 14.3 Å². The summed E-state index contributed by atoms with van der Waals surface area (Å²) in [5, 5.41) is 0. The first-order chi connectivity index (χ1) is 6.63. The number of hydrogen-bond acceptors (Lipinski definition) is 3. The van der Waals surface area contributed by atoms with E-state index in [1.165, 1.54) is 6.42 Å². The van der Waals surface area contributed by atoms with E-state index >= 15 is 0 Å². The van der Waals surface area contributed by atoms with E-state index in [2.05, 4.69) is 6.92 Å². The lowest BCUT2D eigenvalue weighted by Gasteiger charge is -2.00. The lowest BCUT2D eigenvalue weighted by atomic mass is 10.1. The summed E-state index contributed by atoms with van der Waals surface area (Å²) in [4.78, 5) is 22.2. The SMILES string of the molecule is CCOC(=O)CC(=O)CCC1CC1C. The van der Waals surface area contributed by atoms with Crippen molar-refractivity contribution in [3.8, 4) is 0 Å². The molecule has 0 spiro atoms. The summed E-state index contributed by atoms with van der Waals surface area (Å²) in [6, 6.07) is 0. The van der Waals surface area contributed by atoms with E-state index in [1.807, 2.05) is 0 Å². The van der Waals surface area contributed by atoms with E-state index in [0.29, 0.717) is 13.0 Å². The molecule has 3 nitrogen and oxygen atoms in total. The van der Waals surface area contributed by atoms with Gasteiger partial charge in [-0.2, -0.15) is 0 Å². The molecule has 2 unspecified atom stereocenters. The third-order valence-corrected chi connectivity index (χ3v) is 2.72. The number of ether oxygens (including phenoxy) is 1. The molecular weight excluding hydrogens is 180 g/mol. The van der Waals surface area contributed by atoms with Crippen LogP contribution in [0.4, 0.5) is 0 Å². The summed E-state index contributed by atoms with van der Waals surface area (Å²) < 4.78 is 4.70. The zero-order valence-electron chi connectivity index (χ0n) is 8.91. The Morgan fingerprint density at radius 3 is 2.57 bits per heavy atom. The first-order valence-corrected chi connectivity index (χ1v) is 5.30. The van der Waals surface area contributed by atoms with Gasteiger partial charge in [-0.15, -0.1) is 0 Å². The minimum absolute atomic E-state index is 0.0163. The molecule has 0 saturated heterocycles. The van der Waals surface area contributed by atoms with E-state index in [-0.39, 0.29) is 18.2 Å². The van der Waals surface area contributed by atoms with Gasteiger partial charge in [0.25, 0.3) is 0 Å². The van der Waals surface area contributed by atoms with Crippen LogP contribution in [0.2, 0.25) is 0 Å². The van der Waals surface area contributed by atoms with Gasteiger partial charge in [0.2, 0.25) is 0 Å². The zero-order chi connectivity index (χ0) is 10.6. The van der Waals surface area contributed by atoms with Gasteiger partial charge in [-0.25, -0.2) is 0 Å². The van der Waals surface area contributed by atoms with E-state index in [9.17, 15) is 9.59 Å². The van der Waals surface area contributed by atoms with Crippen molar-refractivity contribution in [3.05, 3.63) is 0 Å². The summed E-state index contributed by atoms with van der Waals surface area (Å²) in [5.41, 5.74) is 0. The van der Waals surface area contributed by atoms with Gasteiger partial charge in [0.05, 0.1) is 6.61 Å². The van der Waals surface area contributed by atoms with Crippen molar-refractivity contribution in [2.24, 2.45) is 11.8 Å². The van der Waals surface area contributed by atoms with E-state index in [4.69, 9.17) is 4.74 Å². The van der Waals surface area contributed by atoms with Gasteiger partial charge in [-0.05, 0) is 31.6 Å². The Kier molecular flexibility index (Phi) is 4.11. The van der Waals surface area contributed by atoms with Crippen molar-refractivity contribution in [2.75, 3.05) is 6.61 Å². The van der Waals surface area contributed by atoms with Crippen LogP contribution >= 0.6 is 0 Å². The largest absolute Gasteiger partial charge is 0.466 e. The number of rotatable bonds is 6. The van der Waals surface area contributed by atoms with Crippen LogP contribution in [0.3, 0.4) is 0 Å². The molecule has 14 heavy (non-hydrogen) atoms. The van der Waals surface area contributed by atoms with Gasteiger partial charge in [-0.3, -0.25) is 9.59 Å². The first kappa shape index (κ1) is 11.2. The molecule has 0 aromatic carbocycles. The maximum absolute atomic E-state index is 11.3. The van der Waals surface area contributed by atoms with Crippen molar-refractivity contribution in [1.29, 1.82) is 0 Å². The molecule has 0 amide bonds. The number of ketones is 1. The van der Waals surface area contributed by atoms with Gasteiger partial charge < -0.3 is 4.74 Å².